The summed E-state index contributed by atoms with van der Waals surface area (Å²) in [4.78, 5) is 33.1. The molecule has 2 aromatic heterocycles. The summed E-state index contributed by atoms with van der Waals surface area (Å²) in [6, 6.07) is 12.7. The molecular formula is C25H15F5N4O3. The summed E-state index contributed by atoms with van der Waals surface area (Å²) < 4.78 is 70.3. The number of hydrogen-bond acceptors (Lipinski definition) is 5. The van der Waals surface area contributed by atoms with Crippen LogP contribution in [0.4, 0.5) is 33.3 Å². The second-order valence-corrected chi connectivity index (χ2v) is 7.43. The van der Waals surface area contributed by atoms with Crippen LogP contribution >= 0.6 is 0 Å². The van der Waals surface area contributed by atoms with Crippen LogP contribution in [-0.2, 0) is 0 Å². The van der Waals surface area contributed by atoms with Gasteiger partial charge in [0.15, 0.2) is 5.82 Å². The van der Waals surface area contributed by atoms with Gasteiger partial charge in [-0.2, -0.15) is 0 Å². The van der Waals surface area contributed by atoms with Crippen molar-refractivity contribution in [2.45, 2.75) is 6.36 Å². The van der Waals surface area contributed by atoms with Crippen LogP contribution in [0, 0.1) is 11.6 Å². The van der Waals surface area contributed by atoms with Crippen molar-refractivity contribution < 1.29 is 36.3 Å². The molecule has 188 valence electrons. The van der Waals surface area contributed by atoms with E-state index in [0.717, 1.165) is 30.5 Å². The molecule has 0 saturated carbocycles. The summed E-state index contributed by atoms with van der Waals surface area (Å²) in [6.07, 6.45) is -1.90. The average molecular weight is 514 g/mol. The van der Waals surface area contributed by atoms with Crippen LogP contribution in [-0.4, -0.2) is 28.1 Å². The Bertz CT molecular complexity index is 1460. The van der Waals surface area contributed by atoms with Crippen molar-refractivity contribution in [2.75, 3.05) is 10.6 Å². The quantitative estimate of drug-likeness (QED) is 0.316. The third kappa shape index (κ3) is 6.23. The molecule has 0 unspecified atom stereocenters. The average Bonchev–Trinajstić information content (AvgIpc) is 2.85. The van der Waals surface area contributed by atoms with Crippen molar-refractivity contribution in [1.82, 2.24) is 9.97 Å². The van der Waals surface area contributed by atoms with Gasteiger partial charge in [-0.1, -0.05) is 12.1 Å². The van der Waals surface area contributed by atoms with Gasteiger partial charge >= 0.3 is 6.36 Å². The molecule has 12 heteroatoms. The second kappa shape index (κ2) is 10.4. The van der Waals surface area contributed by atoms with Crippen LogP contribution in [0.5, 0.6) is 5.75 Å². The first-order chi connectivity index (χ1) is 17.6. The van der Waals surface area contributed by atoms with E-state index in [4.69, 9.17) is 0 Å². The van der Waals surface area contributed by atoms with E-state index >= 15 is 0 Å². The number of nitrogens with one attached hydrogen (secondary N) is 2. The lowest BCUT2D eigenvalue weighted by molar-refractivity contribution is -0.274. The van der Waals surface area contributed by atoms with E-state index in [2.05, 4.69) is 25.3 Å². The van der Waals surface area contributed by atoms with Crippen molar-refractivity contribution >= 4 is 23.2 Å². The zero-order valence-corrected chi connectivity index (χ0v) is 18.5. The van der Waals surface area contributed by atoms with Gasteiger partial charge in [0.1, 0.15) is 11.6 Å². The monoisotopic (exact) mass is 514 g/mol. The first kappa shape index (κ1) is 25.2. The molecule has 2 aromatic carbocycles. The van der Waals surface area contributed by atoms with E-state index in [9.17, 15) is 31.5 Å². The molecule has 4 rings (SSSR count). The standard InChI is InChI=1S/C25H15F5N4O3/c26-18-4-2-1-3-16(18)20-7-6-15(12-32-20)33-23(35)14-5-8-22(37-25(28,29)30)17(11-14)24(36)34-21-9-10-31-13-19(21)27/h1-13H,(H,33,35)(H,31,34,36). The van der Waals surface area contributed by atoms with Crippen LogP contribution in [0.25, 0.3) is 11.3 Å². The number of nitrogens with zero attached hydrogens (tertiary/aromatic N) is 2. The number of benzene rings is 2. The lowest BCUT2D eigenvalue weighted by atomic mass is 10.1. The Morgan fingerprint density at radius 1 is 0.838 bits per heavy atom. The van der Waals surface area contributed by atoms with Crippen molar-refractivity contribution in [3.05, 3.63) is 102 Å². The smallest absolute Gasteiger partial charge is 0.405 e. The molecule has 0 radical (unpaired) electrons. The lowest BCUT2D eigenvalue weighted by Gasteiger charge is -2.15. The molecule has 2 heterocycles. The highest BCUT2D eigenvalue weighted by Crippen LogP contribution is 2.29. The number of rotatable bonds is 6. The molecule has 0 spiro atoms. The Balaban J connectivity index is 1.58. The van der Waals surface area contributed by atoms with Crippen molar-refractivity contribution in [2.24, 2.45) is 0 Å². The maximum atomic E-state index is 14.0. The van der Waals surface area contributed by atoms with Gasteiger partial charge in [0, 0.05) is 17.3 Å². The Morgan fingerprint density at radius 3 is 2.30 bits per heavy atom. The molecule has 2 N–H and O–H groups in total. The zero-order chi connectivity index (χ0) is 26.6. The molecule has 0 aliphatic heterocycles. The van der Waals surface area contributed by atoms with Gasteiger partial charge in [-0.3, -0.25) is 19.6 Å². The Hall–Kier alpha value is -4.87. The summed E-state index contributed by atoms with van der Waals surface area (Å²) in [5, 5.41) is 4.61. The molecule has 2 amide bonds. The third-order valence-electron chi connectivity index (χ3n) is 4.90. The van der Waals surface area contributed by atoms with Gasteiger partial charge in [0.2, 0.25) is 0 Å². The van der Waals surface area contributed by atoms with E-state index in [-0.39, 0.29) is 22.5 Å². The molecule has 0 atom stereocenters. The molecule has 0 saturated heterocycles. The molecule has 7 nitrogen and oxygen atoms in total. The number of carbonyl (C=O) groups excluding carboxylic acids is 2. The number of amides is 2. The molecular weight excluding hydrogens is 499 g/mol. The minimum Gasteiger partial charge on any atom is -0.405 e. The molecule has 0 fully saturated rings. The number of ether oxygens (including phenoxy) is 1. The topological polar surface area (TPSA) is 93.2 Å². The summed E-state index contributed by atoms with van der Waals surface area (Å²) >= 11 is 0. The van der Waals surface area contributed by atoms with Crippen LogP contribution in [0.3, 0.4) is 0 Å². The Kier molecular flexibility index (Phi) is 7.09. The summed E-state index contributed by atoms with van der Waals surface area (Å²) in [6.45, 7) is 0. The minimum absolute atomic E-state index is 0.200. The number of halogens is 5. The van der Waals surface area contributed by atoms with Crippen LogP contribution in [0.15, 0.2) is 79.3 Å². The van der Waals surface area contributed by atoms with Crippen LogP contribution in [0.1, 0.15) is 20.7 Å². The van der Waals surface area contributed by atoms with Crippen molar-refractivity contribution in [3.8, 4) is 17.0 Å². The molecule has 37 heavy (non-hydrogen) atoms. The highest BCUT2D eigenvalue weighted by Gasteiger charge is 2.33. The highest BCUT2D eigenvalue weighted by molar-refractivity contribution is 6.10. The lowest BCUT2D eigenvalue weighted by Crippen LogP contribution is -2.22. The predicted octanol–water partition coefficient (Wildman–Crippen LogP) is 5.83. The number of anilines is 2. The number of aromatic nitrogens is 2. The maximum absolute atomic E-state index is 14.0. The normalized spacial score (nSPS) is 11.1. The predicted molar refractivity (Wildman–Crippen MR) is 123 cm³/mol. The first-order valence-electron chi connectivity index (χ1n) is 10.4. The fourth-order valence-corrected chi connectivity index (χ4v) is 3.23. The highest BCUT2D eigenvalue weighted by atomic mass is 19.4. The number of alkyl halides is 3. The van der Waals surface area contributed by atoms with Gasteiger partial charge in [-0.15, -0.1) is 13.2 Å². The molecule has 0 aliphatic carbocycles. The molecule has 0 bridgehead atoms. The fraction of sp³-hybridized carbons (Fsp3) is 0.0400. The van der Waals surface area contributed by atoms with Crippen molar-refractivity contribution in [3.63, 3.8) is 0 Å². The van der Waals surface area contributed by atoms with Gasteiger partial charge in [-0.05, 0) is 48.5 Å². The SMILES string of the molecule is O=C(Nc1ccc(-c2ccccc2F)nc1)c1ccc(OC(F)(F)F)c(C(=O)Nc2ccncc2F)c1. The Morgan fingerprint density at radius 2 is 1.62 bits per heavy atom. The van der Waals surface area contributed by atoms with Gasteiger partial charge in [-0.25, -0.2) is 8.78 Å². The maximum Gasteiger partial charge on any atom is 0.573 e. The minimum atomic E-state index is -5.13. The second-order valence-electron chi connectivity index (χ2n) is 7.43. The zero-order valence-electron chi connectivity index (χ0n) is 18.5. The van der Waals surface area contributed by atoms with E-state index in [1.807, 2.05) is 0 Å². The van der Waals surface area contributed by atoms with Crippen LogP contribution < -0.4 is 15.4 Å². The number of pyridine rings is 2. The number of carbonyl (C=O) groups is 2. The molecule has 0 aliphatic rings. The van der Waals surface area contributed by atoms with E-state index in [1.54, 1.807) is 6.07 Å². The number of hydrogen-bond donors (Lipinski definition) is 2. The van der Waals surface area contributed by atoms with Gasteiger partial charge in [0.25, 0.3) is 11.8 Å². The fourth-order valence-electron chi connectivity index (χ4n) is 3.23. The molecule has 4 aromatic rings. The van der Waals surface area contributed by atoms with Crippen LogP contribution in [0.2, 0.25) is 0 Å². The van der Waals surface area contributed by atoms with Gasteiger partial charge < -0.3 is 15.4 Å². The van der Waals surface area contributed by atoms with E-state index in [1.165, 1.54) is 42.7 Å². The summed E-state index contributed by atoms with van der Waals surface area (Å²) in [7, 11) is 0. The first-order valence-corrected chi connectivity index (χ1v) is 10.4. The largest absolute Gasteiger partial charge is 0.573 e. The van der Waals surface area contributed by atoms with E-state index < -0.39 is 41.1 Å². The Labute approximate surface area is 206 Å². The summed E-state index contributed by atoms with van der Waals surface area (Å²) in [5.41, 5.74) is -0.448. The van der Waals surface area contributed by atoms with Gasteiger partial charge in [0.05, 0.1) is 35.0 Å². The van der Waals surface area contributed by atoms with Crippen molar-refractivity contribution in [1.29, 1.82) is 0 Å². The third-order valence-corrected chi connectivity index (χ3v) is 4.90. The summed E-state index contributed by atoms with van der Waals surface area (Å²) in [5.74, 6) is -4.25. The van der Waals surface area contributed by atoms with E-state index in [0.29, 0.717) is 5.69 Å².